The Kier molecular flexibility index (Phi) is 5.45. The van der Waals surface area contributed by atoms with Crippen molar-refractivity contribution in [2.75, 3.05) is 13.1 Å². The van der Waals surface area contributed by atoms with E-state index in [1.54, 1.807) is 0 Å². The Morgan fingerprint density at radius 1 is 1.41 bits per heavy atom. The molecular formula is C13H19ClN2O. The van der Waals surface area contributed by atoms with Crippen molar-refractivity contribution in [3.63, 3.8) is 0 Å². The summed E-state index contributed by atoms with van der Waals surface area (Å²) < 4.78 is 0. The van der Waals surface area contributed by atoms with E-state index in [0.717, 1.165) is 12.8 Å². The van der Waals surface area contributed by atoms with Crippen molar-refractivity contribution < 1.29 is 4.79 Å². The summed E-state index contributed by atoms with van der Waals surface area (Å²) in [7, 11) is 0. The van der Waals surface area contributed by atoms with Gasteiger partial charge in [-0.2, -0.15) is 0 Å². The summed E-state index contributed by atoms with van der Waals surface area (Å²) in [5.74, 6) is 0.392. The Morgan fingerprint density at radius 2 is 2.18 bits per heavy atom. The normalized spacial score (nSPS) is 17.8. The average molecular weight is 255 g/mol. The molecule has 0 aromatic heterocycles. The first-order valence-corrected chi connectivity index (χ1v) is 5.86. The van der Waals surface area contributed by atoms with Crippen LogP contribution in [-0.4, -0.2) is 19.0 Å². The average Bonchev–Trinajstić information content (AvgIpc) is 2.35. The molecule has 0 saturated carbocycles. The Bertz CT molecular complexity index is 381. The number of carbonyl (C=O) groups excluding carboxylic acids is 1. The number of rotatable bonds is 3. The largest absolute Gasteiger partial charge is 0.354 e. The van der Waals surface area contributed by atoms with Gasteiger partial charge in [-0.1, -0.05) is 24.3 Å². The van der Waals surface area contributed by atoms with Crippen LogP contribution in [0.5, 0.6) is 0 Å². The summed E-state index contributed by atoms with van der Waals surface area (Å²) in [4.78, 5) is 11.1. The second-order valence-corrected chi connectivity index (χ2v) is 4.30. The number of nitrogens with one attached hydrogen (secondary N) is 1. The van der Waals surface area contributed by atoms with Gasteiger partial charge < -0.3 is 11.1 Å². The van der Waals surface area contributed by atoms with Gasteiger partial charge in [0.15, 0.2) is 0 Å². The van der Waals surface area contributed by atoms with Gasteiger partial charge in [0.05, 0.1) is 6.54 Å². The smallest absolute Gasteiger partial charge is 0.233 e. The van der Waals surface area contributed by atoms with Crippen molar-refractivity contribution >= 4 is 18.3 Å². The minimum absolute atomic E-state index is 0. The number of halogens is 1. The number of hydrogen-bond donors (Lipinski definition) is 2. The highest BCUT2D eigenvalue weighted by atomic mass is 35.5. The first kappa shape index (κ1) is 14.0. The first-order chi connectivity index (χ1) is 7.81. The van der Waals surface area contributed by atoms with Crippen molar-refractivity contribution in [1.82, 2.24) is 5.32 Å². The second-order valence-electron chi connectivity index (χ2n) is 4.30. The molecule has 1 unspecified atom stereocenters. The molecule has 3 N–H and O–H groups in total. The molecule has 4 heteroatoms. The van der Waals surface area contributed by atoms with Crippen LogP contribution in [0.1, 0.15) is 29.9 Å². The molecule has 0 bridgehead atoms. The van der Waals surface area contributed by atoms with Crippen molar-refractivity contribution in [2.45, 2.75) is 25.2 Å². The topological polar surface area (TPSA) is 55.1 Å². The molecule has 17 heavy (non-hydrogen) atoms. The maximum Gasteiger partial charge on any atom is 0.233 e. The van der Waals surface area contributed by atoms with Crippen LogP contribution in [0.4, 0.5) is 0 Å². The fraction of sp³-hybridized carbons (Fsp3) is 0.462. The van der Waals surface area contributed by atoms with Gasteiger partial charge in [-0.15, -0.1) is 12.4 Å². The molecular weight excluding hydrogens is 236 g/mol. The molecule has 0 heterocycles. The maximum absolute atomic E-state index is 11.1. The molecule has 1 amide bonds. The van der Waals surface area contributed by atoms with E-state index in [-0.39, 0.29) is 24.9 Å². The van der Waals surface area contributed by atoms with Crippen LogP contribution in [-0.2, 0) is 11.2 Å². The van der Waals surface area contributed by atoms with E-state index < -0.39 is 0 Å². The Balaban J connectivity index is 0.00000144. The van der Waals surface area contributed by atoms with Crippen LogP contribution >= 0.6 is 12.4 Å². The van der Waals surface area contributed by atoms with Gasteiger partial charge >= 0.3 is 0 Å². The minimum atomic E-state index is -0.0666. The van der Waals surface area contributed by atoms with Gasteiger partial charge in [0.2, 0.25) is 5.91 Å². The van der Waals surface area contributed by atoms with Crippen LogP contribution in [0.2, 0.25) is 0 Å². The van der Waals surface area contributed by atoms with E-state index >= 15 is 0 Å². The van der Waals surface area contributed by atoms with Gasteiger partial charge in [0.1, 0.15) is 0 Å². The first-order valence-electron chi connectivity index (χ1n) is 5.86. The Labute approximate surface area is 108 Å². The third-order valence-electron chi connectivity index (χ3n) is 3.22. The standard InChI is InChI=1S/C13H18N2O.ClH/c14-8-13(16)15-9-11-6-3-5-10-4-1-2-7-12(10)11;/h1-2,4,7,11H,3,5-6,8-9,14H2,(H,15,16);1H. The number of fused-ring (bicyclic) bond motifs is 1. The molecule has 1 aromatic rings. The molecule has 3 nitrogen and oxygen atoms in total. The lowest BCUT2D eigenvalue weighted by Crippen LogP contribution is -2.34. The lowest BCUT2D eigenvalue weighted by atomic mass is 9.83. The Morgan fingerprint density at radius 3 is 2.94 bits per heavy atom. The van der Waals surface area contributed by atoms with Crippen LogP contribution < -0.4 is 11.1 Å². The molecule has 1 atom stereocenters. The summed E-state index contributed by atoms with van der Waals surface area (Å²) in [6.07, 6.45) is 3.53. The highest BCUT2D eigenvalue weighted by molar-refractivity contribution is 5.85. The van der Waals surface area contributed by atoms with E-state index in [1.165, 1.54) is 17.5 Å². The summed E-state index contributed by atoms with van der Waals surface area (Å²) in [5, 5.41) is 2.88. The number of hydrogen-bond acceptors (Lipinski definition) is 2. The molecule has 0 spiro atoms. The lowest BCUT2D eigenvalue weighted by molar-refractivity contribution is -0.119. The van der Waals surface area contributed by atoms with Gasteiger partial charge in [0.25, 0.3) is 0 Å². The summed E-state index contributed by atoms with van der Waals surface area (Å²) in [6.45, 7) is 0.793. The van der Waals surface area contributed by atoms with Crippen molar-refractivity contribution in [3.8, 4) is 0 Å². The number of benzene rings is 1. The SMILES string of the molecule is Cl.NCC(=O)NCC1CCCc2ccccc21. The molecule has 0 fully saturated rings. The molecule has 1 aliphatic rings. The number of nitrogens with two attached hydrogens (primary N) is 1. The minimum Gasteiger partial charge on any atom is -0.354 e. The number of carbonyl (C=O) groups is 1. The maximum atomic E-state index is 11.1. The predicted octanol–water partition coefficient (Wildman–Crippen LogP) is 1.60. The van der Waals surface area contributed by atoms with E-state index in [1.807, 2.05) is 0 Å². The fourth-order valence-corrected chi connectivity index (χ4v) is 2.38. The van der Waals surface area contributed by atoms with Crippen LogP contribution in [0.25, 0.3) is 0 Å². The molecule has 0 radical (unpaired) electrons. The number of aryl methyl sites for hydroxylation is 1. The van der Waals surface area contributed by atoms with Crippen LogP contribution in [0.3, 0.4) is 0 Å². The Hall–Kier alpha value is -1.06. The molecule has 1 aliphatic carbocycles. The summed E-state index contributed by atoms with van der Waals surface area (Å²) >= 11 is 0. The third-order valence-corrected chi connectivity index (χ3v) is 3.22. The zero-order chi connectivity index (χ0) is 11.4. The van der Waals surface area contributed by atoms with Crippen LogP contribution in [0, 0.1) is 0 Å². The monoisotopic (exact) mass is 254 g/mol. The third kappa shape index (κ3) is 3.45. The molecule has 1 aromatic carbocycles. The van der Waals surface area contributed by atoms with Gasteiger partial charge in [-0.25, -0.2) is 0 Å². The zero-order valence-corrected chi connectivity index (χ0v) is 10.6. The van der Waals surface area contributed by atoms with Crippen molar-refractivity contribution in [1.29, 1.82) is 0 Å². The van der Waals surface area contributed by atoms with E-state index in [4.69, 9.17) is 5.73 Å². The van der Waals surface area contributed by atoms with E-state index in [2.05, 4.69) is 29.6 Å². The quantitative estimate of drug-likeness (QED) is 0.861. The predicted molar refractivity (Wildman–Crippen MR) is 71.4 cm³/mol. The number of amides is 1. The molecule has 94 valence electrons. The van der Waals surface area contributed by atoms with Crippen LogP contribution in [0.15, 0.2) is 24.3 Å². The summed E-state index contributed by atoms with van der Waals surface area (Å²) in [6, 6.07) is 8.52. The summed E-state index contributed by atoms with van der Waals surface area (Å²) in [5.41, 5.74) is 8.10. The molecule has 0 saturated heterocycles. The molecule has 2 rings (SSSR count). The van der Waals surface area contributed by atoms with Gasteiger partial charge in [0, 0.05) is 12.5 Å². The van der Waals surface area contributed by atoms with Crippen molar-refractivity contribution in [3.05, 3.63) is 35.4 Å². The van der Waals surface area contributed by atoms with Crippen molar-refractivity contribution in [2.24, 2.45) is 5.73 Å². The molecule has 0 aliphatic heterocycles. The second kappa shape index (κ2) is 6.62. The lowest BCUT2D eigenvalue weighted by Gasteiger charge is -2.25. The van der Waals surface area contributed by atoms with E-state index in [0.29, 0.717) is 12.5 Å². The zero-order valence-electron chi connectivity index (χ0n) is 9.82. The van der Waals surface area contributed by atoms with E-state index in [9.17, 15) is 4.79 Å². The highest BCUT2D eigenvalue weighted by Gasteiger charge is 2.19. The van der Waals surface area contributed by atoms with Gasteiger partial charge in [-0.05, 0) is 30.4 Å². The van der Waals surface area contributed by atoms with Gasteiger partial charge in [-0.3, -0.25) is 4.79 Å². The highest BCUT2D eigenvalue weighted by Crippen LogP contribution is 2.30. The fourth-order valence-electron chi connectivity index (χ4n) is 2.38.